The molecule has 0 aliphatic carbocycles. The Kier molecular flexibility index (Phi) is 3.47. The van der Waals surface area contributed by atoms with Crippen LogP contribution in [0.15, 0.2) is 57.7 Å². The van der Waals surface area contributed by atoms with Gasteiger partial charge in [-0.15, -0.1) is 0 Å². The lowest BCUT2D eigenvalue weighted by atomic mass is 10.0. The molecule has 3 N–H and O–H groups in total. The molecule has 0 radical (unpaired) electrons. The third kappa shape index (κ3) is 2.23. The zero-order chi connectivity index (χ0) is 18.4. The molecule has 0 unspecified atom stereocenters. The highest BCUT2D eigenvalue weighted by Gasteiger charge is 2.20. The number of rotatable bonds is 2. The summed E-state index contributed by atoms with van der Waals surface area (Å²) in [5.74, 6) is -0.289. The molecular formula is C20H14O6. The van der Waals surface area contributed by atoms with Crippen molar-refractivity contribution >= 4 is 21.7 Å². The van der Waals surface area contributed by atoms with Crippen molar-refractivity contribution in [3.05, 3.63) is 58.8 Å². The van der Waals surface area contributed by atoms with Crippen LogP contribution in [-0.4, -0.2) is 22.4 Å². The maximum atomic E-state index is 12.7. The van der Waals surface area contributed by atoms with Gasteiger partial charge in [-0.05, 0) is 18.2 Å². The summed E-state index contributed by atoms with van der Waals surface area (Å²) in [6, 6.07) is 12.3. The molecule has 0 atom stereocenters. The largest absolute Gasteiger partial charge is 0.506 e. The second-order valence-electron chi connectivity index (χ2n) is 5.81. The van der Waals surface area contributed by atoms with Crippen LogP contribution in [0.1, 0.15) is 0 Å². The van der Waals surface area contributed by atoms with Gasteiger partial charge in [-0.1, -0.05) is 24.3 Å². The van der Waals surface area contributed by atoms with Crippen LogP contribution in [0.25, 0.3) is 33.1 Å². The van der Waals surface area contributed by atoms with Crippen LogP contribution in [0, 0.1) is 0 Å². The SMILES string of the molecule is COc1c2ccccc2c(O)c2c(=O)cc(-c3ccc(O)c(O)c3)oc12. The third-order valence-corrected chi connectivity index (χ3v) is 4.28. The maximum absolute atomic E-state index is 12.7. The van der Waals surface area contributed by atoms with E-state index >= 15 is 0 Å². The number of fused-ring (bicyclic) bond motifs is 2. The molecule has 3 aromatic carbocycles. The van der Waals surface area contributed by atoms with Gasteiger partial charge in [-0.25, -0.2) is 0 Å². The lowest BCUT2D eigenvalue weighted by Crippen LogP contribution is -2.02. The van der Waals surface area contributed by atoms with Crippen molar-refractivity contribution < 1.29 is 24.5 Å². The van der Waals surface area contributed by atoms with Gasteiger partial charge in [0, 0.05) is 22.4 Å². The average molecular weight is 350 g/mol. The Labute approximate surface area is 147 Å². The predicted octanol–water partition coefficient (Wildman–Crippen LogP) is 3.74. The summed E-state index contributed by atoms with van der Waals surface area (Å²) in [5.41, 5.74) is 0.0585. The van der Waals surface area contributed by atoms with E-state index in [1.165, 1.54) is 31.4 Å². The molecule has 0 fully saturated rings. The van der Waals surface area contributed by atoms with E-state index in [4.69, 9.17) is 9.15 Å². The highest BCUT2D eigenvalue weighted by Crippen LogP contribution is 2.42. The van der Waals surface area contributed by atoms with Crippen LogP contribution in [-0.2, 0) is 0 Å². The fraction of sp³-hybridized carbons (Fsp3) is 0.0500. The minimum absolute atomic E-state index is 0.0206. The monoisotopic (exact) mass is 350 g/mol. The fourth-order valence-electron chi connectivity index (χ4n) is 3.04. The molecule has 26 heavy (non-hydrogen) atoms. The van der Waals surface area contributed by atoms with E-state index in [2.05, 4.69) is 0 Å². The minimum Gasteiger partial charge on any atom is -0.506 e. The second-order valence-corrected chi connectivity index (χ2v) is 5.81. The van der Waals surface area contributed by atoms with Crippen molar-refractivity contribution in [1.82, 2.24) is 0 Å². The molecule has 130 valence electrons. The van der Waals surface area contributed by atoms with Gasteiger partial charge >= 0.3 is 0 Å². The number of ether oxygens (including phenoxy) is 1. The number of benzene rings is 3. The molecule has 6 nitrogen and oxygen atoms in total. The molecule has 0 saturated carbocycles. The number of hydrogen-bond donors (Lipinski definition) is 3. The van der Waals surface area contributed by atoms with Gasteiger partial charge in [0.15, 0.2) is 28.3 Å². The molecule has 0 saturated heterocycles. The first-order valence-corrected chi connectivity index (χ1v) is 7.79. The van der Waals surface area contributed by atoms with Crippen LogP contribution >= 0.6 is 0 Å². The van der Waals surface area contributed by atoms with Crippen LogP contribution in [0.2, 0.25) is 0 Å². The van der Waals surface area contributed by atoms with Gasteiger partial charge in [0.25, 0.3) is 0 Å². The van der Waals surface area contributed by atoms with E-state index in [9.17, 15) is 20.1 Å². The Morgan fingerprint density at radius 1 is 0.923 bits per heavy atom. The van der Waals surface area contributed by atoms with E-state index in [0.29, 0.717) is 22.1 Å². The standard InChI is InChI=1S/C20H14O6/c1-25-19-12-5-3-2-4-11(12)18(24)17-15(23)9-16(26-20(17)19)10-6-7-13(21)14(22)8-10/h2-9,21-22,24H,1H3. The van der Waals surface area contributed by atoms with Gasteiger partial charge in [-0.2, -0.15) is 0 Å². The third-order valence-electron chi connectivity index (χ3n) is 4.28. The van der Waals surface area contributed by atoms with Gasteiger partial charge in [-0.3, -0.25) is 4.79 Å². The van der Waals surface area contributed by atoms with Crippen molar-refractivity contribution in [1.29, 1.82) is 0 Å². The minimum atomic E-state index is -0.449. The van der Waals surface area contributed by atoms with E-state index in [-0.39, 0.29) is 34.0 Å². The Hall–Kier alpha value is -3.67. The quantitative estimate of drug-likeness (QED) is 0.376. The maximum Gasteiger partial charge on any atom is 0.197 e. The Balaban J connectivity index is 2.13. The molecule has 4 rings (SSSR count). The van der Waals surface area contributed by atoms with E-state index in [1.807, 2.05) is 0 Å². The molecule has 1 heterocycles. The van der Waals surface area contributed by atoms with Gasteiger partial charge < -0.3 is 24.5 Å². The van der Waals surface area contributed by atoms with Crippen LogP contribution < -0.4 is 10.2 Å². The lowest BCUT2D eigenvalue weighted by Gasteiger charge is -2.12. The summed E-state index contributed by atoms with van der Waals surface area (Å²) in [6.07, 6.45) is 0. The number of hydrogen-bond acceptors (Lipinski definition) is 6. The zero-order valence-electron chi connectivity index (χ0n) is 13.7. The Morgan fingerprint density at radius 3 is 2.35 bits per heavy atom. The Morgan fingerprint density at radius 2 is 1.65 bits per heavy atom. The van der Waals surface area contributed by atoms with Crippen LogP contribution in [0.5, 0.6) is 23.0 Å². The van der Waals surface area contributed by atoms with Crippen molar-refractivity contribution in [2.24, 2.45) is 0 Å². The smallest absolute Gasteiger partial charge is 0.197 e. The second kappa shape index (κ2) is 5.70. The number of aromatic hydroxyl groups is 3. The van der Waals surface area contributed by atoms with Crippen LogP contribution in [0.3, 0.4) is 0 Å². The van der Waals surface area contributed by atoms with Crippen LogP contribution in [0.4, 0.5) is 0 Å². The highest BCUT2D eigenvalue weighted by atomic mass is 16.5. The Bertz CT molecular complexity index is 1220. The lowest BCUT2D eigenvalue weighted by molar-refractivity contribution is 0.403. The molecule has 0 bridgehead atoms. The first-order valence-electron chi connectivity index (χ1n) is 7.79. The van der Waals surface area contributed by atoms with E-state index in [0.717, 1.165) is 0 Å². The summed E-state index contributed by atoms with van der Waals surface area (Å²) in [4.78, 5) is 12.7. The summed E-state index contributed by atoms with van der Waals surface area (Å²) >= 11 is 0. The molecule has 1 aromatic heterocycles. The molecule has 0 aliphatic heterocycles. The number of phenols is 3. The first-order chi connectivity index (χ1) is 12.5. The molecule has 4 aromatic rings. The summed E-state index contributed by atoms with van der Waals surface area (Å²) in [7, 11) is 1.46. The zero-order valence-corrected chi connectivity index (χ0v) is 13.7. The molecule has 6 heteroatoms. The molecule has 0 spiro atoms. The fourth-order valence-corrected chi connectivity index (χ4v) is 3.04. The number of phenolic OH excluding ortho intramolecular Hbond substituents is 3. The summed E-state index contributed by atoms with van der Waals surface area (Å²) in [5, 5.41) is 30.8. The van der Waals surface area contributed by atoms with Crippen molar-refractivity contribution in [2.75, 3.05) is 7.11 Å². The summed E-state index contributed by atoms with van der Waals surface area (Å²) < 4.78 is 11.3. The van der Waals surface area contributed by atoms with Crippen molar-refractivity contribution in [2.45, 2.75) is 0 Å². The predicted molar refractivity (Wildman–Crippen MR) is 97.0 cm³/mol. The van der Waals surface area contributed by atoms with Gasteiger partial charge in [0.1, 0.15) is 16.9 Å². The normalized spacial score (nSPS) is 11.1. The van der Waals surface area contributed by atoms with Crippen molar-refractivity contribution in [3.8, 4) is 34.3 Å². The molecule has 0 aliphatic rings. The average Bonchev–Trinajstić information content (AvgIpc) is 2.64. The molecule has 0 amide bonds. The molecular weight excluding hydrogens is 336 g/mol. The first kappa shape index (κ1) is 15.8. The van der Waals surface area contributed by atoms with Crippen molar-refractivity contribution in [3.63, 3.8) is 0 Å². The van der Waals surface area contributed by atoms with E-state index in [1.54, 1.807) is 24.3 Å². The van der Waals surface area contributed by atoms with Gasteiger partial charge in [0.2, 0.25) is 0 Å². The summed E-state index contributed by atoms with van der Waals surface area (Å²) in [6.45, 7) is 0. The van der Waals surface area contributed by atoms with Gasteiger partial charge in [0.05, 0.1) is 7.11 Å². The van der Waals surface area contributed by atoms with E-state index < -0.39 is 5.43 Å². The highest BCUT2D eigenvalue weighted by molar-refractivity contribution is 6.08. The number of methoxy groups -OCH3 is 1. The topological polar surface area (TPSA) is 100 Å².